The van der Waals surface area contributed by atoms with E-state index in [1.165, 1.54) is 6.07 Å². The van der Waals surface area contributed by atoms with Gasteiger partial charge in [0.1, 0.15) is 5.82 Å². The number of halogens is 4. The highest BCUT2D eigenvalue weighted by Gasteiger charge is 2.11. The van der Waals surface area contributed by atoms with Gasteiger partial charge >= 0.3 is 0 Å². The monoisotopic (exact) mass is 375 g/mol. The molecule has 0 fully saturated rings. The summed E-state index contributed by atoms with van der Waals surface area (Å²) in [4.78, 5) is 0. The van der Waals surface area contributed by atoms with E-state index in [2.05, 4.69) is 21.2 Å². The third-order valence-electron chi connectivity index (χ3n) is 3.06. The van der Waals surface area contributed by atoms with Crippen molar-refractivity contribution in [3.05, 3.63) is 61.8 Å². The van der Waals surface area contributed by atoms with E-state index in [1.54, 1.807) is 18.2 Å². The predicted molar refractivity (Wildman–Crippen MR) is 87.3 cm³/mol. The number of benzene rings is 2. The highest BCUT2D eigenvalue weighted by molar-refractivity contribution is 9.10. The molecule has 0 saturated carbocycles. The lowest BCUT2D eigenvalue weighted by Gasteiger charge is -2.18. The van der Waals surface area contributed by atoms with Crippen molar-refractivity contribution in [2.75, 3.05) is 5.32 Å². The van der Waals surface area contributed by atoms with Gasteiger partial charge in [0.15, 0.2) is 0 Å². The van der Waals surface area contributed by atoms with Crippen LogP contribution >= 0.6 is 39.1 Å². The Balaban J connectivity index is 2.25. The van der Waals surface area contributed by atoms with Crippen molar-refractivity contribution in [2.45, 2.75) is 19.9 Å². The van der Waals surface area contributed by atoms with Crippen LogP contribution < -0.4 is 5.32 Å². The molecular weight excluding hydrogens is 364 g/mol. The van der Waals surface area contributed by atoms with E-state index >= 15 is 0 Å². The highest BCUT2D eigenvalue weighted by Crippen LogP contribution is 2.32. The molecule has 1 atom stereocenters. The number of anilines is 1. The standard InChI is InChI=1S/C15H13BrCl2FN/c1-8-5-13(18)15(7-12(8)17)20-9(2)10-3-4-14(19)11(16)6-10/h3-7,9,20H,1-2H3. The van der Waals surface area contributed by atoms with Crippen molar-refractivity contribution < 1.29 is 4.39 Å². The summed E-state index contributed by atoms with van der Waals surface area (Å²) in [7, 11) is 0. The molecule has 0 aliphatic rings. The van der Waals surface area contributed by atoms with Crippen LogP contribution in [0.1, 0.15) is 24.1 Å². The Kier molecular flexibility index (Phi) is 4.95. The smallest absolute Gasteiger partial charge is 0.137 e. The van der Waals surface area contributed by atoms with E-state index < -0.39 is 0 Å². The first kappa shape index (κ1) is 15.6. The fourth-order valence-corrected chi connectivity index (χ4v) is 2.69. The van der Waals surface area contributed by atoms with Crippen LogP contribution in [0.4, 0.5) is 10.1 Å². The second-order valence-electron chi connectivity index (χ2n) is 4.62. The van der Waals surface area contributed by atoms with E-state index in [4.69, 9.17) is 23.2 Å². The van der Waals surface area contributed by atoms with Gasteiger partial charge in [0.05, 0.1) is 15.2 Å². The number of aryl methyl sites for hydroxylation is 1. The molecule has 1 N–H and O–H groups in total. The highest BCUT2D eigenvalue weighted by atomic mass is 79.9. The molecule has 106 valence electrons. The molecule has 1 unspecified atom stereocenters. The second kappa shape index (κ2) is 6.33. The summed E-state index contributed by atoms with van der Waals surface area (Å²) in [6.07, 6.45) is 0. The molecule has 0 aliphatic carbocycles. The normalized spacial score (nSPS) is 12.3. The summed E-state index contributed by atoms with van der Waals surface area (Å²) in [5.74, 6) is -0.280. The molecule has 1 nitrogen and oxygen atoms in total. The van der Waals surface area contributed by atoms with Crippen LogP contribution in [0.3, 0.4) is 0 Å². The van der Waals surface area contributed by atoms with E-state index in [-0.39, 0.29) is 11.9 Å². The fraction of sp³-hybridized carbons (Fsp3) is 0.200. The maximum atomic E-state index is 13.2. The molecule has 2 aromatic rings. The number of nitrogens with one attached hydrogen (secondary N) is 1. The minimum Gasteiger partial charge on any atom is -0.377 e. The molecule has 0 spiro atoms. The van der Waals surface area contributed by atoms with Crippen LogP contribution in [0, 0.1) is 12.7 Å². The molecule has 0 amide bonds. The number of rotatable bonds is 3. The van der Waals surface area contributed by atoms with Gasteiger partial charge in [-0.2, -0.15) is 0 Å². The molecule has 0 bridgehead atoms. The SMILES string of the molecule is Cc1cc(Cl)c(NC(C)c2ccc(F)c(Br)c2)cc1Cl. The predicted octanol–water partition coefficient (Wildman–Crippen LogP) is 6.38. The van der Waals surface area contributed by atoms with Crippen LogP contribution in [-0.4, -0.2) is 0 Å². The van der Waals surface area contributed by atoms with E-state index in [9.17, 15) is 4.39 Å². The summed E-state index contributed by atoms with van der Waals surface area (Å²) < 4.78 is 13.7. The minimum atomic E-state index is -0.280. The van der Waals surface area contributed by atoms with Crippen molar-refractivity contribution >= 4 is 44.8 Å². The Labute approximate surface area is 136 Å². The maximum absolute atomic E-state index is 13.2. The van der Waals surface area contributed by atoms with Gasteiger partial charge in [0, 0.05) is 11.1 Å². The van der Waals surface area contributed by atoms with Crippen LogP contribution in [0.15, 0.2) is 34.8 Å². The molecule has 5 heteroatoms. The Morgan fingerprint density at radius 2 is 1.85 bits per heavy atom. The van der Waals surface area contributed by atoms with Crippen molar-refractivity contribution in [1.29, 1.82) is 0 Å². The van der Waals surface area contributed by atoms with Gasteiger partial charge < -0.3 is 5.32 Å². The van der Waals surface area contributed by atoms with Crippen LogP contribution in [0.25, 0.3) is 0 Å². The van der Waals surface area contributed by atoms with Gasteiger partial charge in [0.25, 0.3) is 0 Å². The second-order valence-corrected chi connectivity index (χ2v) is 6.29. The van der Waals surface area contributed by atoms with Gasteiger partial charge in [-0.1, -0.05) is 29.3 Å². The third-order valence-corrected chi connectivity index (χ3v) is 4.39. The molecule has 0 aliphatic heterocycles. The number of hydrogen-bond donors (Lipinski definition) is 1. The molecule has 2 aromatic carbocycles. The van der Waals surface area contributed by atoms with E-state index in [0.29, 0.717) is 14.5 Å². The molecular formula is C15H13BrCl2FN. The Morgan fingerprint density at radius 1 is 1.15 bits per heavy atom. The lowest BCUT2D eigenvalue weighted by atomic mass is 10.1. The maximum Gasteiger partial charge on any atom is 0.137 e. The van der Waals surface area contributed by atoms with Crippen molar-refractivity contribution in [3.63, 3.8) is 0 Å². The number of hydrogen-bond acceptors (Lipinski definition) is 1. The summed E-state index contributed by atoms with van der Waals surface area (Å²) >= 11 is 15.5. The first-order chi connectivity index (χ1) is 9.38. The first-order valence-electron chi connectivity index (χ1n) is 6.05. The summed E-state index contributed by atoms with van der Waals surface area (Å²) in [6, 6.07) is 8.51. The van der Waals surface area contributed by atoms with Gasteiger partial charge in [-0.15, -0.1) is 0 Å². The zero-order valence-corrected chi connectivity index (χ0v) is 14.1. The molecule has 0 heterocycles. The van der Waals surface area contributed by atoms with E-state index in [1.807, 2.05) is 19.9 Å². The summed E-state index contributed by atoms with van der Waals surface area (Å²) in [5.41, 5.74) is 2.64. The summed E-state index contributed by atoms with van der Waals surface area (Å²) in [5, 5.41) is 4.55. The third kappa shape index (κ3) is 3.46. The Hall–Kier alpha value is -0.770. The lowest BCUT2D eigenvalue weighted by Crippen LogP contribution is -2.07. The van der Waals surface area contributed by atoms with Gasteiger partial charge in [-0.25, -0.2) is 4.39 Å². The molecule has 2 rings (SSSR count). The quantitative estimate of drug-likeness (QED) is 0.655. The lowest BCUT2D eigenvalue weighted by molar-refractivity contribution is 0.619. The van der Waals surface area contributed by atoms with Crippen LogP contribution in [0.2, 0.25) is 10.0 Å². The largest absolute Gasteiger partial charge is 0.377 e. The van der Waals surface area contributed by atoms with Crippen LogP contribution in [0.5, 0.6) is 0 Å². The van der Waals surface area contributed by atoms with Crippen molar-refractivity contribution in [3.8, 4) is 0 Å². The Bertz CT molecular complexity index is 646. The van der Waals surface area contributed by atoms with Gasteiger partial charge in [0.2, 0.25) is 0 Å². The zero-order valence-electron chi connectivity index (χ0n) is 11.0. The average molecular weight is 377 g/mol. The zero-order chi connectivity index (χ0) is 14.9. The van der Waals surface area contributed by atoms with E-state index in [0.717, 1.165) is 16.8 Å². The van der Waals surface area contributed by atoms with Gasteiger partial charge in [-0.05, 0) is 65.2 Å². The molecule has 20 heavy (non-hydrogen) atoms. The summed E-state index contributed by atoms with van der Waals surface area (Å²) in [6.45, 7) is 3.88. The average Bonchev–Trinajstić information content (AvgIpc) is 2.39. The fourth-order valence-electron chi connectivity index (χ4n) is 1.86. The molecule has 0 radical (unpaired) electrons. The van der Waals surface area contributed by atoms with Gasteiger partial charge in [-0.3, -0.25) is 0 Å². The molecule has 0 aromatic heterocycles. The first-order valence-corrected chi connectivity index (χ1v) is 7.60. The minimum absolute atomic E-state index is 0.0248. The molecule has 0 saturated heterocycles. The van der Waals surface area contributed by atoms with Crippen molar-refractivity contribution in [2.24, 2.45) is 0 Å². The van der Waals surface area contributed by atoms with Crippen LogP contribution in [-0.2, 0) is 0 Å². The Morgan fingerprint density at radius 3 is 2.50 bits per heavy atom. The topological polar surface area (TPSA) is 12.0 Å². The van der Waals surface area contributed by atoms with Crippen molar-refractivity contribution in [1.82, 2.24) is 0 Å².